The summed E-state index contributed by atoms with van der Waals surface area (Å²) in [6.07, 6.45) is 1.60. The summed E-state index contributed by atoms with van der Waals surface area (Å²) < 4.78 is 15.8. The van der Waals surface area contributed by atoms with Gasteiger partial charge in [-0.2, -0.15) is 0 Å². The number of hydrogen-bond donors (Lipinski definition) is 1. The van der Waals surface area contributed by atoms with Crippen LogP contribution in [0.4, 0.5) is 5.69 Å². The van der Waals surface area contributed by atoms with Gasteiger partial charge in [-0.1, -0.05) is 6.07 Å². The summed E-state index contributed by atoms with van der Waals surface area (Å²) in [5, 5.41) is 9.95. The summed E-state index contributed by atoms with van der Waals surface area (Å²) >= 11 is 0. The first-order valence-electron chi connectivity index (χ1n) is 9.95. The van der Waals surface area contributed by atoms with Gasteiger partial charge in [0.05, 0.1) is 31.5 Å². The maximum absolute atomic E-state index is 13.4. The Morgan fingerprint density at radius 2 is 1.81 bits per heavy atom. The van der Waals surface area contributed by atoms with Crippen molar-refractivity contribution in [2.45, 2.75) is 20.8 Å². The quantitative estimate of drug-likeness (QED) is 0.534. The van der Waals surface area contributed by atoms with Crippen molar-refractivity contribution < 1.29 is 28.9 Å². The molecule has 1 amide bonds. The second kappa shape index (κ2) is 9.38. The molecule has 2 aromatic rings. The van der Waals surface area contributed by atoms with Crippen molar-refractivity contribution in [2.75, 3.05) is 25.2 Å². The number of amides is 1. The van der Waals surface area contributed by atoms with Gasteiger partial charge in [0, 0.05) is 11.4 Å². The average molecular weight is 423 g/mol. The van der Waals surface area contributed by atoms with Crippen molar-refractivity contribution in [2.24, 2.45) is 0 Å². The number of allylic oxidation sites excluding steroid dienone is 1. The Balaban J connectivity index is 2.09. The van der Waals surface area contributed by atoms with Crippen LogP contribution in [-0.2, 0) is 14.3 Å². The van der Waals surface area contributed by atoms with E-state index in [0.717, 1.165) is 0 Å². The van der Waals surface area contributed by atoms with Crippen molar-refractivity contribution >= 4 is 23.6 Å². The number of carbonyl (C=O) groups is 2. The first kappa shape index (κ1) is 22.0. The molecule has 0 atom stereocenters. The van der Waals surface area contributed by atoms with E-state index in [4.69, 9.17) is 14.2 Å². The van der Waals surface area contributed by atoms with Crippen molar-refractivity contribution in [3.63, 3.8) is 0 Å². The molecule has 0 bridgehead atoms. The summed E-state index contributed by atoms with van der Waals surface area (Å²) in [6.45, 7) is 5.79. The smallest absolute Gasteiger partial charge is 0.340 e. The second-order valence-corrected chi connectivity index (χ2v) is 6.74. The van der Waals surface area contributed by atoms with Gasteiger partial charge >= 0.3 is 5.97 Å². The largest absolute Gasteiger partial charge is 0.504 e. The molecule has 1 aliphatic rings. The molecule has 7 heteroatoms. The van der Waals surface area contributed by atoms with Crippen LogP contribution in [-0.4, -0.2) is 37.3 Å². The third-order valence-electron chi connectivity index (χ3n) is 4.80. The van der Waals surface area contributed by atoms with Gasteiger partial charge in [0.25, 0.3) is 5.91 Å². The van der Waals surface area contributed by atoms with Crippen molar-refractivity contribution in [1.29, 1.82) is 0 Å². The molecular formula is C24H25NO6. The van der Waals surface area contributed by atoms with E-state index >= 15 is 0 Å². The summed E-state index contributed by atoms with van der Waals surface area (Å²) in [6, 6.07) is 11.7. The number of esters is 1. The summed E-state index contributed by atoms with van der Waals surface area (Å²) in [5.74, 6) is 0.0359. The molecule has 162 valence electrons. The second-order valence-electron chi connectivity index (χ2n) is 6.74. The fourth-order valence-electron chi connectivity index (χ4n) is 3.38. The molecule has 0 saturated heterocycles. The third-order valence-corrected chi connectivity index (χ3v) is 4.80. The standard InChI is InChI=1S/C24H25NO6/c1-5-30-21-14-16(7-12-20(21)26)13-19-22(24(28)31-6-2)15(3)25(23(19)27)17-8-10-18(29-4)11-9-17/h7-14,26H,5-6H2,1-4H3. The zero-order valence-corrected chi connectivity index (χ0v) is 18.0. The first-order chi connectivity index (χ1) is 14.9. The Kier molecular flexibility index (Phi) is 6.65. The van der Waals surface area contributed by atoms with E-state index in [-0.39, 0.29) is 29.4 Å². The molecular weight excluding hydrogens is 398 g/mol. The van der Waals surface area contributed by atoms with Gasteiger partial charge in [-0.15, -0.1) is 0 Å². The number of benzene rings is 2. The van der Waals surface area contributed by atoms with Crippen LogP contribution in [0.15, 0.2) is 59.3 Å². The molecule has 0 spiro atoms. The fraction of sp³-hybridized carbons (Fsp3) is 0.250. The number of hydrogen-bond acceptors (Lipinski definition) is 6. The highest BCUT2D eigenvalue weighted by Crippen LogP contribution is 2.37. The first-order valence-corrected chi connectivity index (χ1v) is 9.95. The number of aromatic hydroxyl groups is 1. The number of carbonyl (C=O) groups excluding carboxylic acids is 2. The average Bonchev–Trinajstić information content (AvgIpc) is 3.00. The van der Waals surface area contributed by atoms with E-state index in [1.807, 2.05) is 6.92 Å². The molecule has 1 N–H and O–H groups in total. The monoisotopic (exact) mass is 423 g/mol. The maximum atomic E-state index is 13.4. The lowest BCUT2D eigenvalue weighted by Crippen LogP contribution is -2.24. The summed E-state index contributed by atoms with van der Waals surface area (Å²) in [5.41, 5.74) is 2.10. The zero-order chi connectivity index (χ0) is 22.5. The van der Waals surface area contributed by atoms with Crippen LogP contribution in [0.1, 0.15) is 26.3 Å². The summed E-state index contributed by atoms with van der Waals surface area (Å²) in [4.78, 5) is 27.6. The van der Waals surface area contributed by atoms with Crippen LogP contribution in [0, 0.1) is 0 Å². The Morgan fingerprint density at radius 3 is 2.42 bits per heavy atom. The highest BCUT2D eigenvalue weighted by Gasteiger charge is 2.38. The van der Waals surface area contributed by atoms with Crippen LogP contribution in [0.25, 0.3) is 6.08 Å². The molecule has 0 saturated carbocycles. The predicted octanol–water partition coefficient (Wildman–Crippen LogP) is 4.07. The lowest BCUT2D eigenvalue weighted by atomic mass is 10.0. The third kappa shape index (κ3) is 4.40. The number of methoxy groups -OCH3 is 1. The molecule has 1 heterocycles. The van der Waals surface area contributed by atoms with Gasteiger partial charge in [0.15, 0.2) is 11.5 Å². The molecule has 0 aliphatic carbocycles. The summed E-state index contributed by atoms with van der Waals surface area (Å²) in [7, 11) is 1.56. The van der Waals surface area contributed by atoms with Crippen LogP contribution in [0.2, 0.25) is 0 Å². The van der Waals surface area contributed by atoms with E-state index < -0.39 is 5.97 Å². The van der Waals surface area contributed by atoms with E-state index in [0.29, 0.717) is 35.1 Å². The maximum Gasteiger partial charge on any atom is 0.340 e. The molecule has 3 rings (SSSR count). The Morgan fingerprint density at radius 1 is 1.10 bits per heavy atom. The molecule has 0 fully saturated rings. The molecule has 0 aromatic heterocycles. The van der Waals surface area contributed by atoms with E-state index in [9.17, 15) is 14.7 Å². The molecule has 1 aliphatic heterocycles. The molecule has 7 nitrogen and oxygen atoms in total. The van der Waals surface area contributed by atoms with Crippen LogP contribution >= 0.6 is 0 Å². The molecule has 31 heavy (non-hydrogen) atoms. The molecule has 0 radical (unpaired) electrons. The van der Waals surface area contributed by atoms with Gasteiger partial charge in [0.2, 0.25) is 0 Å². The van der Waals surface area contributed by atoms with Crippen LogP contribution in [0.5, 0.6) is 17.2 Å². The SMILES string of the molecule is CCOC(=O)C1=C(C)N(c2ccc(OC)cc2)C(=O)C1=Cc1ccc(O)c(OCC)c1. The minimum absolute atomic E-state index is 0.000975. The van der Waals surface area contributed by atoms with Gasteiger partial charge in [-0.3, -0.25) is 9.69 Å². The van der Waals surface area contributed by atoms with E-state index in [2.05, 4.69) is 0 Å². The number of anilines is 1. The topological polar surface area (TPSA) is 85.3 Å². The van der Waals surface area contributed by atoms with Gasteiger partial charge < -0.3 is 19.3 Å². The number of phenols is 1. The van der Waals surface area contributed by atoms with Crippen LogP contribution in [0.3, 0.4) is 0 Å². The molecule has 2 aromatic carbocycles. The number of rotatable bonds is 7. The molecule has 0 unspecified atom stereocenters. The van der Waals surface area contributed by atoms with Crippen LogP contribution < -0.4 is 14.4 Å². The lowest BCUT2D eigenvalue weighted by molar-refractivity contribution is -0.138. The van der Waals surface area contributed by atoms with E-state index in [1.54, 1.807) is 63.4 Å². The number of nitrogens with zero attached hydrogens (tertiary/aromatic N) is 1. The normalized spacial score (nSPS) is 14.9. The fourth-order valence-corrected chi connectivity index (χ4v) is 3.38. The van der Waals surface area contributed by atoms with Gasteiger partial charge in [0.1, 0.15) is 5.75 Å². The Labute approximate surface area is 181 Å². The highest BCUT2D eigenvalue weighted by atomic mass is 16.5. The van der Waals surface area contributed by atoms with Gasteiger partial charge in [-0.25, -0.2) is 4.79 Å². The van der Waals surface area contributed by atoms with Crippen molar-refractivity contribution in [3.05, 3.63) is 64.9 Å². The van der Waals surface area contributed by atoms with Crippen molar-refractivity contribution in [3.8, 4) is 17.2 Å². The van der Waals surface area contributed by atoms with Gasteiger partial charge in [-0.05, 0) is 68.8 Å². The van der Waals surface area contributed by atoms with E-state index in [1.165, 1.54) is 11.0 Å². The lowest BCUT2D eigenvalue weighted by Gasteiger charge is -2.18. The Hall–Kier alpha value is -3.74. The zero-order valence-electron chi connectivity index (χ0n) is 18.0. The number of phenolic OH excluding ortho intramolecular Hbond substituents is 1. The number of ether oxygens (including phenoxy) is 3. The minimum Gasteiger partial charge on any atom is -0.504 e. The minimum atomic E-state index is -0.570. The predicted molar refractivity (Wildman–Crippen MR) is 117 cm³/mol. The Bertz CT molecular complexity index is 1050. The highest BCUT2D eigenvalue weighted by molar-refractivity contribution is 6.23. The van der Waals surface area contributed by atoms with Crippen molar-refractivity contribution in [1.82, 2.24) is 0 Å².